The molecule has 0 radical (unpaired) electrons. The van der Waals surface area contributed by atoms with Gasteiger partial charge in [0.1, 0.15) is 35.7 Å². The monoisotopic (exact) mass is 445 g/mol. The number of ketones is 1. The van der Waals surface area contributed by atoms with E-state index in [1.54, 1.807) is 55.6 Å². The molecular weight excluding hydrogens is 422 g/mol. The molecule has 2 aliphatic rings. The number of nitrogens with zero attached hydrogens (tertiary/aromatic N) is 3. The Morgan fingerprint density at radius 1 is 1.18 bits per heavy atom. The summed E-state index contributed by atoms with van der Waals surface area (Å²) in [6.07, 6.45) is 1.63. The van der Waals surface area contributed by atoms with Crippen molar-refractivity contribution >= 4 is 23.1 Å². The molecule has 8 heteroatoms. The maximum Gasteiger partial charge on any atom is 0.296 e. The third kappa shape index (κ3) is 3.63. The Balaban J connectivity index is 1.63. The van der Waals surface area contributed by atoms with Crippen LogP contribution < -0.4 is 9.64 Å². The number of rotatable bonds is 4. The molecular formula is C25H23N3O5. The van der Waals surface area contributed by atoms with Gasteiger partial charge in [-0.25, -0.2) is 0 Å². The Bertz CT molecular complexity index is 1260. The van der Waals surface area contributed by atoms with Crippen molar-refractivity contribution in [3.8, 4) is 5.75 Å². The van der Waals surface area contributed by atoms with Crippen LogP contribution in [-0.2, 0) is 16.1 Å². The molecule has 5 rings (SSSR count). The highest BCUT2D eigenvalue weighted by atomic mass is 16.5. The molecule has 0 bridgehead atoms. The van der Waals surface area contributed by atoms with Gasteiger partial charge < -0.3 is 24.1 Å². The lowest BCUT2D eigenvalue weighted by molar-refractivity contribution is -0.140. The number of benzene rings is 1. The molecule has 3 aromatic rings. The molecule has 2 aromatic heterocycles. The van der Waals surface area contributed by atoms with Crippen molar-refractivity contribution in [3.05, 3.63) is 83.1 Å². The van der Waals surface area contributed by atoms with Crippen molar-refractivity contribution in [1.82, 2.24) is 9.88 Å². The summed E-state index contributed by atoms with van der Waals surface area (Å²) in [5.74, 6) is 0.0276. The molecule has 1 N–H and O–H groups in total. The van der Waals surface area contributed by atoms with Gasteiger partial charge in [-0.15, -0.1) is 0 Å². The Hall–Kier alpha value is -4.07. The fourth-order valence-corrected chi connectivity index (χ4v) is 4.26. The average Bonchev–Trinajstić information content (AvgIpc) is 3.35. The summed E-state index contributed by atoms with van der Waals surface area (Å²) in [5, 5.41) is 11.3. The third-order valence-electron chi connectivity index (χ3n) is 5.96. The lowest BCUT2D eigenvalue weighted by atomic mass is 9.98. The Morgan fingerprint density at radius 2 is 2.03 bits per heavy atom. The molecule has 0 saturated carbocycles. The zero-order chi connectivity index (χ0) is 23.1. The number of anilines is 1. The number of furan rings is 1. The van der Waals surface area contributed by atoms with E-state index >= 15 is 0 Å². The Morgan fingerprint density at radius 3 is 2.76 bits per heavy atom. The van der Waals surface area contributed by atoms with Gasteiger partial charge in [0.2, 0.25) is 0 Å². The first kappa shape index (κ1) is 20.8. The molecule has 0 spiro atoms. The van der Waals surface area contributed by atoms with Crippen molar-refractivity contribution in [2.75, 3.05) is 25.1 Å². The first-order chi connectivity index (χ1) is 15.9. The summed E-state index contributed by atoms with van der Waals surface area (Å²) < 4.78 is 11.5. The van der Waals surface area contributed by atoms with Crippen molar-refractivity contribution in [2.45, 2.75) is 19.5 Å². The maximum absolute atomic E-state index is 13.2. The SMILES string of the molecule is Cc1ccc(C2/C(=C(/O)c3ccc4c(c3)N(C)CCO4)C(=O)C(=O)N2Cc2ccccn2)o1. The molecule has 1 saturated heterocycles. The molecule has 8 nitrogen and oxygen atoms in total. The number of aromatic nitrogens is 1. The number of amides is 1. The second kappa shape index (κ2) is 8.12. The van der Waals surface area contributed by atoms with Crippen LogP contribution in [-0.4, -0.2) is 46.9 Å². The second-order valence-corrected chi connectivity index (χ2v) is 8.15. The number of carbonyl (C=O) groups excluding carboxylic acids is 2. The first-order valence-electron chi connectivity index (χ1n) is 10.7. The Kier molecular flexibility index (Phi) is 5.12. The van der Waals surface area contributed by atoms with Crippen molar-refractivity contribution in [1.29, 1.82) is 0 Å². The van der Waals surface area contributed by atoms with Crippen molar-refractivity contribution in [2.24, 2.45) is 0 Å². The number of carbonyl (C=O) groups is 2. The van der Waals surface area contributed by atoms with Crippen LogP contribution in [0.3, 0.4) is 0 Å². The normalized spacial score (nSPS) is 19.5. The molecule has 4 heterocycles. The largest absolute Gasteiger partial charge is 0.507 e. The molecule has 1 atom stereocenters. The fourth-order valence-electron chi connectivity index (χ4n) is 4.26. The van der Waals surface area contributed by atoms with Crippen molar-refractivity contribution < 1.29 is 23.8 Å². The number of likely N-dealkylation sites (N-methyl/N-ethyl adjacent to an activating group) is 1. The molecule has 2 aliphatic heterocycles. The lowest BCUT2D eigenvalue weighted by Crippen LogP contribution is -2.29. The summed E-state index contributed by atoms with van der Waals surface area (Å²) in [4.78, 5) is 33.9. The topological polar surface area (TPSA) is 96.1 Å². The number of hydrogen-bond acceptors (Lipinski definition) is 7. The predicted octanol–water partition coefficient (Wildman–Crippen LogP) is 3.43. The fraction of sp³-hybridized carbons (Fsp3) is 0.240. The standard InChI is InChI=1S/C25H23N3O5/c1-15-6-8-20(33-15)22-21(24(30)25(31)28(22)14-17-5-3-4-10-26-17)23(29)16-7-9-19-18(13-16)27(2)11-12-32-19/h3-10,13,22,29H,11-12,14H2,1-2H3/b23-21-. The van der Waals surface area contributed by atoms with Crippen LogP contribution in [0.15, 0.2) is 64.7 Å². The van der Waals surface area contributed by atoms with Crippen LogP contribution in [0, 0.1) is 6.92 Å². The molecule has 0 aliphatic carbocycles. The molecule has 33 heavy (non-hydrogen) atoms. The summed E-state index contributed by atoms with van der Waals surface area (Å²) >= 11 is 0. The van der Waals surface area contributed by atoms with Gasteiger partial charge in [-0.05, 0) is 49.4 Å². The van der Waals surface area contributed by atoms with Gasteiger partial charge >= 0.3 is 0 Å². The van der Waals surface area contributed by atoms with Crippen LogP contribution in [0.5, 0.6) is 5.75 Å². The number of pyridine rings is 1. The zero-order valence-electron chi connectivity index (χ0n) is 18.3. The number of aryl methyl sites for hydroxylation is 1. The van der Waals surface area contributed by atoms with Crippen LogP contribution in [0.4, 0.5) is 5.69 Å². The van der Waals surface area contributed by atoms with Gasteiger partial charge in [-0.1, -0.05) is 6.07 Å². The van der Waals surface area contributed by atoms with E-state index in [1.165, 1.54) is 4.90 Å². The average molecular weight is 445 g/mol. The van der Waals surface area contributed by atoms with Crippen LogP contribution >= 0.6 is 0 Å². The van der Waals surface area contributed by atoms with E-state index in [4.69, 9.17) is 9.15 Å². The summed E-state index contributed by atoms with van der Waals surface area (Å²) in [7, 11) is 1.93. The highest BCUT2D eigenvalue weighted by molar-refractivity contribution is 6.46. The highest BCUT2D eigenvalue weighted by Crippen LogP contribution is 2.42. The van der Waals surface area contributed by atoms with E-state index < -0.39 is 17.7 Å². The number of aliphatic hydroxyl groups is 1. The van der Waals surface area contributed by atoms with Gasteiger partial charge in [-0.2, -0.15) is 0 Å². The number of aliphatic hydroxyl groups excluding tert-OH is 1. The van der Waals surface area contributed by atoms with Crippen LogP contribution in [0.1, 0.15) is 28.8 Å². The lowest BCUT2D eigenvalue weighted by Gasteiger charge is -2.28. The number of ether oxygens (including phenoxy) is 1. The molecule has 168 valence electrons. The summed E-state index contributed by atoms with van der Waals surface area (Å²) in [6.45, 7) is 3.17. The minimum Gasteiger partial charge on any atom is -0.507 e. The quantitative estimate of drug-likeness (QED) is 0.373. The van der Waals surface area contributed by atoms with Crippen LogP contribution in [0.25, 0.3) is 5.76 Å². The number of likely N-dealkylation sites (tertiary alicyclic amines) is 1. The smallest absolute Gasteiger partial charge is 0.296 e. The number of fused-ring (bicyclic) bond motifs is 1. The summed E-state index contributed by atoms with van der Waals surface area (Å²) in [5.41, 5.74) is 1.85. The maximum atomic E-state index is 13.2. The minimum atomic E-state index is -0.870. The minimum absolute atomic E-state index is 0.00962. The third-order valence-corrected chi connectivity index (χ3v) is 5.96. The van der Waals surface area contributed by atoms with E-state index in [2.05, 4.69) is 4.98 Å². The van der Waals surface area contributed by atoms with Gasteiger partial charge in [-0.3, -0.25) is 14.6 Å². The first-order valence-corrected chi connectivity index (χ1v) is 10.7. The van der Waals surface area contributed by atoms with Crippen LogP contribution in [0.2, 0.25) is 0 Å². The summed E-state index contributed by atoms with van der Waals surface area (Å²) in [6, 6.07) is 13.2. The zero-order valence-corrected chi connectivity index (χ0v) is 18.3. The van der Waals surface area contributed by atoms with E-state index in [1.807, 2.05) is 18.0 Å². The number of Topliss-reactive ketones (excluding diaryl/α,β-unsaturated/α-hetero) is 1. The van der Waals surface area contributed by atoms with Crippen molar-refractivity contribution in [3.63, 3.8) is 0 Å². The van der Waals surface area contributed by atoms with E-state index in [9.17, 15) is 14.7 Å². The molecule has 1 unspecified atom stereocenters. The van der Waals surface area contributed by atoms with Gasteiger partial charge in [0.05, 0.1) is 30.0 Å². The van der Waals surface area contributed by atoms with E-state index in [0.29, 0.717) is 41.7 Å². The van der Waals surface area contributed by atoms with Gasteiger partial charge in [0, 0.05) is 18.8 Å². The Labute approximate surface area is 190 Å². The highest BCUT2D eigenvalue weighted by Gasteiger charge is 2.47. The van der Waals surface area contributed by atoms with E-state index in [-0.39, 0.29) is 17.9 Å². The van der Waals surface area contributed by atoms with Gasteiger partial charge in [0.25, 0.3) is 11.7 Å². The molecule has 1 fully saturated rings. The van der Waals surface area contributed by atoms with Gasteiger partial charge in [0.15, 0.2) is 0 Å². The number of hydrogen-bond donors (Lipinski definition) is 1. The second-order valence-electron chi connectivity index (χ2n) is 8.15. The van der Waals surface area contributed by atoms with E-state index in [0.717, 1.165) is 5.69 Å². The predicted molar refractivity (Wildman–Crippen MR) is 121 cm³/mol. The molecule has 1 amide bonds. The molecule has 1 aromatic carbocycles.